The van der Waals surface area contributed by atoms with Crippen LogP contribution in [0, 0.1) is 6.92 Å². The fraction of sp³-hybridized carbons (Fsp3) is 0.400. The number of carbonyl (C=O) groups is 1. The molecule has 0 aliphatic carbocycles. The van der Waals surface area contributed by atoms with Crippen molar-refractivity contribution in [3.05, 3.63) is 69.6 Å². The first-order valence-electron chi connectivity index (χ1n) is 8.74. The summed E-state index contributed by atoms with van der Waals surface area (Å²) in [4.78, 5) is 27.3. The first-order chi connectivity index (χ1) is 12.1. The second-order valence-corrected chi connectivity index (χ2v) is 6.50. The Kier molecular flexibility index (Phi) is 5.34. The summed E-state index contributed by atoms with van der Waals surface area (Å²) in [6, 6.07) is 11.4. The Morgan fingerprint density at radius 2 is 2.12 bits per heavy atom. The maximum Gasteiger partial charge on any atom is 0.263 e. The number of pyridine rings is 1. The highest BCUT2D eigenvalue weighted by molar-refractivity contribution is 5.93. The third-order valence-electron chi connectivity index (χ3n) is 4.57. The van der Waals surface area contributed by atoms with Crippen LogP contribution in [0.15, 0.2) is 47.4 Å². The molecule has 2 aromatic rings. The second-order valence-electron chi connectivity index (χ2n) is 6.50. The smallest absolute Gasteiger partial charge is 0.263 e. The van der Waals surface area contributed by atoms with Crippen molar-refractivity contribution in [2.24, 2.45) is 0 Å². The molecule has 132 valence electrons. The van der Waals surface area contributed by atoms with Crippen LogP contribution in [0.4, 0.5) is 0 Å². The Labute approximate surface area is 147 Å². The van der Waals surface area contributed by atoms with Gasteiger partial charge < -0.3 is 14.2 Å². The van der Waals surface area contributed by atoms with Crippen LogP contribution in [0.25, 0.3) is 0 Å². The van der Waals surface area contributed by atoms with E-state index in [-0.39, 0.29) is 23.1 Å². The van der Waals surface area contributed by atoms with Crippen LogP contribution in [-0.4, -0.2) is 41.2 Å². The molecule has 0 radical (unpaired) electrons. The van der Waals surface area contributed by atoms with Crippen molar-refractivity contribution < 1.29 is 9.53 Å². The molecule has 0 spiro atoms. The van der Waals surface area contributed by atoms with Gasteiger partial charge >= 0.3 is 0 Å². The highest BCUT2D eigenvalue weighted by atomic mass is 16.5. The van der Waals surface area contributed by atoms with Crippen LogP contribution in [0.2, 0.25) is 0 Å². The van der Waals surface area contributed by atoms with Crippen LogP contribution in [-0.2, 0) is 11.3 Å². The first-order valence-corrected chi connectivity index (χ1v) is 8.74. The number of rotatable bonds is 4. The number of nitrogens with zero attached hydrogens (tertiary/aromatic N) is 2. The van der Waals surface area contributed by atoms with Crippen molar-refractivity contribution in [3.63, 3.8) is 0 Å². The van der Waals surface area contributed by atoms with E-state index in [0.29, 0.717) is 26.2 Å². The zero-order valence-electron chi connectivity index (χ0n) is 14.8. The van der Waals surface area contributed by atoms with Gasteiger partial charge in [-0.1, -0.05) is 36.8 Å². The van der Waals surface area contributed by atoms with Gasteiger partial charge in [0.1, 0.15) is 5.56 Å². The van der Waals surface area contributed by atoms with E-state index in [1.54, 1.807) is 27.8 Å². The first kappa shape index (κ1) is 17.4. The van der Waals surface area contributed by atoms with E-state index in [9.17, 15) is 9.59 Å². The van der Waals surface area contributed by atoms with Gasteiger partial charge in [0.25, 0.3) is 11.5 Å². The Morgan fingerprint density at radius 3 is 2.88 bits per heavy atom. The normalized spacial score (nSPS) is 17.5. The third-order valence-corrected chi connectivity index (χ3v) is 4.57. The van der Waals surface area contributed by atoms with Gasteiger partial charge in [-0.15, -0.1) is 0 Å². The van der Waals surface area contributed by atoms with Gasteiger partial charge in [0.05, 0.1) is 19.3 Å². The fourth-order valence-corrected chi connectivity index (χ4v) is 3.15. The van der Waals surface area contributed by atoms with E-state index in [2.05, 4.69) is 6.07 Å². The quantitative estimate of drug-likeness (QED) is 0.859. The van der Waals surface area contributed by atoms with Gasteiger partial charge in [-0.3, -0.25) is 9.59 Å². The molecule has 1 atom stereocenters. The molecule has 5 nitrogen and oxygen atoms in total. The highest BCUT2D eigenvalue weighted by Crippen LogP contribution is 2.11. The SMILES string of the molecule is CCC1CN(C(=O)c2cccn(Cc3cccc(C)c3)c2=O)CCO1. The average Bonchev–Trinajstić information content (AvgIpc) is 2.63. The lowest BCUT2D eigenvalue weighted by molar-refractivity contribution is -0.0227. The molecule has 1 aromatic heterocycles. The fourth-order valence-electron chi connectivity index (χ4n) is 3.15. The zero-order valence-corrected chi connectivity index (χ0v) is 14.8. The minimum atomic E-state index is -0.242. The lowest BCUT2D eigenvalue weighted by atomic mass is 10.1. The molecule has 3 rings (SSSR count). The third kappa shape index (κ3) is 3.99. The van der Waals surface area contributed by atoms with Crippen molar-refractivity contribution in [3.8, 4) is 0 Å². The number of aromatic nitrogens is 1. The van der Waals surface area contributed by atoms with Gasteiger partial charge in [0.2, 0.25) is 0 Å². The van der Waals surface area contributed by atoms with Crippen molar-refractivity contribution in [1.82, 2.24) is 9.47 Å². The minimum Gasteiger partial charge on any atom is -0.375 e. The van der Waals surface area contributed by atoms with Crippen LogP contribution < -0.4 is 5.56 Å². The molecule has 1 saturated heterocycles. The maximum absolute atomic E-state index is 12.8. The van der Waals surface area contributed by atoms with Crippen LogP contribution >= 0.6 is 0 Å². The highest BCUT2D eigenvalue weighted by Gasteiger charge is 2.25. The van der Waals surface area contributed by atoms with Crippen LogP contribution in [0.5, 0.6) is 0 Å². The number of carbonyl (C=O) groups excluding carboxylic acids is 1. The summed E-state index contributed by atoms with van der Waals surface area (Å²) in [6.45, 7) is 6.12. The van der Waals surface area contributed by atoms with Gasteiger partial charge in [0.15, 0.2) is 0 Å². The van der Waals surface area contributed by atoms with E-state index in [1.165, 1.54) is 0 Å². The number of morpholine rings is 1. The average molecular weight is 340 g/mol. The summed E-state index contributed by atoms with van der Waals surface area (Å²) in [6.07, 6.45) is 2.64. The molecule has 1 aliphatic rings. The van der Waals surface area contributed by atoms with Gasteiger partial charge in [-0.25, -0.2) is 0 Å². The molecule has 1 fully saturated rings. The number of amides is 1. The van der Waals surface area contributed by atoms with Crippen molar-refractivity contribution >= 4 is 5.91 Å². The maximum atomic E-state index is 12.8. The Bertz CT molecular complexity index is 813. The number of hydrogen-bond donors (Lipinski definition) is 0. The lowest BCUT2D eigenvalue weighted by Crippen LogP contribution is -2.47. The van der Waals surface area contributed by atoms with E-state index >= 15 is 0 Å². The molecule has 5 heteroatoms. The summed E-state index contributed by atoms with van der Waals surface area (Å²) in [5.41, 5.74) is 2.18. The zero-order chi connectivity index (χ0) is 17.8. The van der Waals surface area contributed by atoms with Gasteiger partial charge in [-0.2, -0.15) is 0 Å². The largest absolute Gasteiger partial charge is 0.375 e. The lowest BCUT2D eigenvalue weighted by Gasteiger charge is -2.32. The minimum absolute atomic E-state index is 0.0518. The van der Waals surface area contributed by atoms with E-state index in [1.807, 2.05) is 32.0 Å². The molecule has 1 unspecified atom stereocenters. The Balaban J connectivity index is 1.83. The number of hydrogen-bond acceptors (Lipinski definition) is 3. The molecule has 1 aliphatic heterocycles. The van der Waals surface area contributed by atoms with Crippen LogP contribution in [0.1, 0.15) is 34.8 Å². The molecule has 1 amide bonds. The van der Waals surface area contributed by atoms with E-state index in [0.717, 1.165) is 17.5 Å². The summed E-state index contributed by atoms with van der Waals surface area (Å²) < 4.78 is 7.21. The summed E-state index contributed by atoms with van der Waals surface area (Å²) in [5.74, 6) is -0.203. The predicted octanol–water partition coefficient (Wildman–Crippen LogP) is 2.46. The molecule has 0 saturated carbocycles. The molecule has 1 aromatic carbocycles. The molecular formula is C20H24N2O3. The summed E-state index contributed by atoms with van der Waals surface area (Å²) in [7, 11) is 0. The van der Waals surface area contributed by atoms with E-state index < -0.39 is 0 Å². The summed E-state index contributed by atoms with van der Waals surface area (Å²) >= 11 is 0. The van der Waals surface area contributed by atoms with E-state index in [4.69, 9.17) is 4.74 Å². The molecular weight excluding hydrogens is 316 g/mol. The van der Waals surface area contributed by atoms with Crippen molar-refractivity contribution in [1.29, 1.82) is 0 Å². The molecule has 2 heterocycles. The van der Waals surface area contributed by atoms with Crippen molar-refractivity contribution in [2.75, 3.05) is 19.7 Å². The number of benzene rings is 1. The topological polar surface area (TPSA) is 51.5 Å². The summed E-state index contributed by atoms with van der Waals surface area (Å²) in [5, 5.41) is 0. The van der Waals surface area contributed by atoms with Crippen molar-refractivity contribution in [2.45, 2.75) is 32.9 Å². The Hall–Kier alpha value is -2.40. The predicted molar refractivity (Wildman–Crippen MR) is 96.9 cm³/mol. The van der Waals surface area contributed by atoms with Gasteiger partial charge in [-0.05, 0) is 31.0 Å². The molecule has 25 heavy (non-hydrogen) atoms. The standard InChI is InChI=1S/C20H24N2O3/c1-3-17-14-22(10-11-25-17)20(24)18-8-5-9-21(19(18)23)13-16-7-4-6-15(2)12-16/h4-9,12,17H,3,10-11,13-14H2,1-2H3. The molecule has 0 N–H and O–H groups in total. The van der Waals surface area contributed by atoms with Crippen LogP contribution in [0.3, 0.4) is 0 Å². The number of aryl methyl sites for hydroxylation is 1. The molecule has 0 bridgehead atoms. The monoisotopic (exact) mass is 340 g/mol. The number of ether oxygens (including phenoxy) is 1. The Morgan fingerprint density at radius 1 is 1.28 bits per heavy atom. The second kappa shape index (κ2) is 7.66. The van der Waals surface area contributed by atoms with Gasteiger partial charge in [0, 0.05) is 19.3 Å².